The minimum atomic E-state index is -0.772. The first-order valence-corrected chi connectivity index (χ1v) is 17.2. The maximum Gasteiger partial charge on any atom is 0.331 e. The van der Waals surface area contributed by atoms with Gasteiger partial charge in [0, 0.05) is 6.08 Å². The number of aliphatic hydroxyl groups is 1. The zero-order chi connectivity index (χ0) is 32.8. The average molecular weight is 619 g/mol. The number of hydrogen-bond acceptors (Lipinski definition) is 5. The first-order chi connectivity index (χ1) is 20.9. The second-order valence-corrected chi connectivity index (χ2v) is 17.5. The molecule has 1 aromatic rings. The molecule has 6 nitrogen and oxygen atoms in total. The summed E-state index contributed by atoms with van der Waals surface area (Å²) in [5.41, 5.74) is 0.921. The summed E-state index contributed by atoms with van der Waals surface area (Å²) in [5, 5.41) is 31.9. The maximum atomic E-state index is 13.1. The van der Waals surface area contributed by atoms with E-state index in [1.165, 1.54) is 11.6 Å². The van der Waals surface area contributed by atoms with Crippen LogP contribution in [0, 0.1) is 50.2 Å². The monoisotopic (exact) mass is 618 g/mol. The van der Waals surface area contributed by atoms with Crippen molar-refractivity contribution in [1.82, 2.24) is 0 Å². The molecular weight excluding hydrogens is 564 g/mol. The largest absolute Gasteiger partial charge is 0.508 e. The van der Waals surface area contributed by atoms with Crippen LogP contribution in [0.3, 0.4) is 0 Å². The van der Waals surface area contributed by atoms with E-state index in [1.54, 1.807) is 30.3 Å². The van der Waals surface area contributed by atoms with Gasteiger partial charge in [0.2, 0.25) is 0 Å². The van der Waals surface area contributed by atoms with E-state index in [1.807, 2.05) is 0 Å². The Bertz CT molecular complexity index is 1420. The summed E-state index contributed by atoms with van der Waals surface area (Å²) < 4.78 is 6.07. The number of carboxylic acids is 1. The molecular formula is C39H54O6. The zero-order valence-electron chi connectivity index (χ0n) is 28.4. The third-order valence-electron chi connectivity index (χ3n) is 14.6. The van der Waals surface area contributed by atoms with E-state index in [0.717, 1.165) is 56.9 Å². The predicted molar refractivity (Wildman–Crippen MR) is 175 cm³/mol. The Morgan fingerprint density at radius 3 is 2.22 bits per heavy atom. The fourth-order valence-corrected chi connectivity index (χ4v) is 11.8. The molecule has 0 amide bonds. The summed E-state index contributed by atoms with van der Waals surface area (Å²) in [4.78, 5) is 26.1. The van der Waals surface area contributed by atoms with Gasteiger partial charge in [-0.05, 0) is 126 Å². The molecule has 45 heavy (non-hydrogen) atoms. The van der Waals surface area contributed by atoms with Gasteiger partial charge in [0.1, 0.15) is 11.9 Å². The van der Waals surface area contributed by atoms with Crippen LogP contribution in [-0.2, 0) is 14.3 Å². The van der Waals surface area contributed by atoms with Crippen molar-refractivity contribution in [3.8, 4) is 5.75 Å². The first kappa shape index (κ1) is 32.3. The van der Waals surface area contributed by atoms with Crippen molar-refractivity contribution in [3.63, 3.8) is 0 Å². The normalized spacial score (nSPS) is 43.2. The van der Waals surface area contributed by atoms with Gasteiger partial charge in [-0.1, -0.05) is 72.2 Å². The van der Waals surface area contributed by atoms with Crippen molar-refractivity contribution < 1.29 is 29.6 Å². The van der Waals surface area contributed by atoms with E-state index < -0.39 is 35.0 Å². The molecule has 4 fully saturated rings. The molecule has 0 aromatic heterocycles. The van der Waals surface area contributed by atoms with E-state index >= 15 is 0 Å². The summed E-state index contributed by atoms with van der Waals surface area (Å²) in [6, 6.07) is 6.62. The Labute approximate surface area is 269 Å². The molecule has 6 heteroatoms. The third kappa shape index (κ3) is 4.74. The number of phenols is 1. The van der Waals surface area contributed by atoms with Crippen LogP contribution < -0.4 is 0 Å². The highest BCUT2D eigenvalue weighted by Gasteiger charge is 2.70. The Morgan fingerprint density at radius 1 is 0.889 bits per heavy atom. The Balaban J connectivity index is 1.32. The lowest BCUT2D eigenvalue weighted by Crippen LogP contribution is -2.67. The quantitative estimate of drug-likeness (QED) is 0.179. The van der Waals surface area contributed by atoms with Gasteiger partial charge in [-0.15, -0.1) is 0 Å². The number of allylic oxidation sites excluding steroid dienone is 2. The van der Waals surface area contributed by atoms with Crippen LogP contribution in [0.5, 0.6) is 5.75 Å². The molecule has 0 heterocycles. The second kappa shape index (κ2) is 10.5. The number of hydrogen-bond donors (Lipinski definition) is 3. The van der Waals surface area contributed by atoms with Gasteiger partial charge in [-0.25, -0.2) is 4.79 Å². The van der Waals surface area contributed by atoms with Crippen molar-refractivity contribution in [2.45, 2.75) is 118 Å². The number of fused-ring (bicyclic) bond motifs is 7. The fourth-order valence-electron chi connectivity index (χ4n) is 11.8. The molecule has 0 aliphatic heterocycles. The molecule has 246 valence electrons. The van der Waals surface area contributed by atoms with Crippen LogP contribution in [-0.4, -0.2) is 39.5 Å². The lowest BCUT2D eigenvalue weighted by molar-refractivity contribution is -0.237. The predicted octanol–water partition coefficient (Wildman–Crippen LogP) is 8.17. The van der Waals surface area contributed by atoms with Gasteiger partial charge in [0.05, 0.1) is 11.5 Å². The summed E-state index contributed by atoms with van der Waals surface area (Å²) in [6.45, 7) is 16.2. The highest BCUT2D eigenvalue weighted by Crippen LogP contribution is 2.75. The van der Waals surface area contributed by atoms with Gasteiger partial charge in [0.15, 0.2) is 0 Å². The van der Waals surface area contributed by atoms with Crippen molar-refractivity contribution in [2.75, 3.05) is 0 Å². The number of aliphatic hydroxyl groups excluding tert-OH is 1. The second-order valence-electron chi connectivity index (χ2n) is 17.5. The van der Waals surface area contributed by atoms with E-state index in [0.29, 0.717) is 12.3 Å². The number of esters is 1. The number of aromatic hydroxyl groups is 1. The highest BCUT2D eigenvalue weighted by atomic mass is 16.6. The zero-order valence-corrected chi connectivity index (χ0v) is 28.4. The number of ether oxygens (including phenoxy) is 1. The van der Waals surface area contributed by atoms with Crippen LogP contribution in [0.2, 0.25) is 0 Å². The summed E-state index contributed by atoms with van der Waals surface area (Å²) >= 11 is 0. The summed E-state index contributed by atoms with van der Waals surface area (Å²) in [6.07, 6.45) is 12.0. The molecule has 4 saturated carbocycles. The van der Waals surface area contributed by atoms with Crippen LogP contribution in [0.15, 0.2) is 42.0 Å². The topological polar surface area (TPSA) is 104 Å². The van der Waals surface area contributed by atoms with Gasteiger partial charge in [-0.2, -0.15) is 0 Å². The number of carbonyl (C=O) groups is 2. The van der Waals surface area contributed by atoms with Gasteiger partial charge in [-0.3, -0.25) is 4.79 Å². The molecule has 1 aromatic carbocycles. The average Bonchev–Trinajstić information content (AvgIpc) is 2.95. The molecule has 0 unspecified atom stereocenters. The van der Waals surface area contributed by atoms with Crippen molar-refractivity contribution in [3.05, 3.63) is 47.6 Å². The van der Waals surface area contributed by atoms with Crippen molar-refractivity contribution >= 4 is 18.0 Å². The standard InChI is InChI=1S/C39H54O6/c1-34(2)18-20-39(33(43)44)21-19-37(6)26(27(39)22-34)13-14-30-36(5)23-28(32(42)35(3,4)29(36)16-17-38(30,37)7)45-31(41)15-10-24-8-11-25(40)12-9-24/h8-13,15,27-30,32,40,42H,14,16-23H2,1-7H3,(H,43,44)/b15-10-/t27-,28+,29-,30+,32-,36-,37+,38+,39-/m0/s1. The molecule has 0 spiro atoms. The third-order valence-corrected chi connectivity index (χ3v) is 14.6. The Morgan fingerprint density at radius 2 is 1.56 bits per heavy atom. The summed E-state index contributed by atoms with van der Waals surface area (Å²) in [5.74, 6) is -0.249. The molecule has 0 radical (unpaired) electrons. The smallest absolute Gasteiger partial charge is 0.331 e. The lowest BCUT2D eigenvalue weighted by Gasteiger charge is -2.71. The molecule has 6 rings (SSSR count). The molecule has 0 saturated heterocycles. The number of rotatable bonds is 4. The minimum Gasteiger partial charge on any atom is -0.508 e. The van der Waals surface area contributed by atoms with Gasteiger partial charge >= 0.3 is 11.9 Å². The van der Waals surface area contributed by atoms with Crippen LogP contribution in [0.4, 0.5) is 0 Å². The van der Waals surface area contributed by atoms with Crippen LogP contribution in [0.25, 0.3) is 6.08 Å². The number of phenolic OH excluding ortho intramolecular Hbond substituents is 1. The number of benzene rings is 1. The Hall–Kier alpha value is -2.60. The maximum absolute atomic E-state index is 13.1. The molecule has 5 aliphatic rings. The highest BCUT2D eigenvalue weighted by molar-refractivity contribution is 5.87. The van der Waals surface area contributed by atoms with Crippen LogP contribution in [0.1, 0.15) is 112 Å². The lowest BCUT2D eigenvalue weighted by atomic mass is 9.33. The van der Waals surface area contributed by atoms with Crippen molar-refractivity contribution in [2.24, 2.45) is 50.2 Å². The van der Waals surface area contributed by atoms with Gasteiger partial charge in [0.25, 0.3) is 0 Å². The number of carbonyl (C=O) groups excluding carboxylic acids is 1. The van der Waals surface area contributed by atoms with Gasteiger partial charge < -0.3 is 20.1 Å². The van der Waals surface area contributed by atoms with E-state index in [4.69, 9.17) is 4.74 Å². The Kier molecular flexibility index (Phi) is 7.51. The fraction of sp³-hybridized carbons (Fsp3) is 0.692. The molecule has 3 N–H and O–H groups in total. The summed E-state index contributed by atoms with van der Waals surface area (Å²) in [7, 11) is 0. The van der Waals surface area contributed by atoms with E-state index in [-0.39, 0.29) is 39.2 Å². The SMILES string of the molecule is CC1(C)CC[C@]2(C(=O)O)CC[C@]3(C)C(=CC[C@@H]4[C@@]5(C)C[C@@H](OC(=O)/C=C\c6ccc(O)cc6)[C@H](O)C(C)(C)[C@@H]5CC[C@]43C)[C@@H]2C1. The van der Waals surface area contributed by atoms with E-state index in [2.05, 4.69) is 54.5 Å². The molecule has 0 bridgehead atoms. The number of aliphatic carboxylic acids is 1. The van der Waals surface area contributed by atoms with E-state index in [9.17, 15) is 24.9 Å². The number of carboxylic acid groups (broad SMARTS) is 1. The molecule has 5 aliphatic carbocycles. The molecule has 9 atom stereocenters. The first-order valence-electron chi connectivity index (χ1n) is 17.2. The van der Waals surface area contributed by atoms with Crippen molar-refractivity contribution in [1.29, 1.82) is 0 Å². The minimum absolute atomic E-state index is 0.0275. The van der Waals surface area contributed by atoms with Crippen LogP contribution >= 0.6 is 0 Å².